The van der Waals surface area contributed by atoms with Crippen LogP contribution in [-0.4, -0.2) is 31.7 Å². The highest BCUT2D eigenvalue weighted by Gasteiger charge is 2.11. The van der Waals surface area contributed by atoms with Crippen LogP contribution in [0.4, 0.5) is 10.5 Å². The van der Waals surface area contributed by atoms with E-state index in [9.17, 15) is 4.79 Å². The van der Waals surface area contributed by atoms with Crippen LogP contribution >= 0.6 is 0 Å². The van der Waals surface area contributed by atoms with Gasteiger partial charge in [-0.25, -0.2) is 4.79 Å². The number of benzene rings is 2. The minimum atomic E-state index is -0.156. The Morgan fingerprint density at radius 2 is 1.76 bits per heavy atom. The summed E-state index contributed by atoms with van der Waals surface area (Å²) in [7, 11) is 3.43. The lowest BCUT2D eigenvalue weighted by Gasteiger charge is -2.19. The highest BCUT2D eigenvalue weighted by atomic mass is 16.5. The summed E-state index contributed by atoms with van der Waals surface area (Å²) < 4.78 is 10.8. The van der Waals surface area contributed by atoms with Crippen molar-refractivity contribution >= 4 is 11.7 Å². The standard InChI is InChI=1S/C20H26N2O3/c1-6-25-19-10-8-17(12-15(19)3)21-20(23)22(4)13-16-7-9-18(24-5)14(2)11-16/h7-12H,6,13H2,1-5H3,(H,21,23). The molecule has 0 heterocycles. The maximum atomic E-state index is 12.4. The normalized spacial score (nSPS) is 10.3. The van der Waals surface area contributed by atoms with Crippen molar-refractivity contribution in [1.82, 2.24) is 4.90 Å². The molecule has 25 heavy (non-hydrogen) atoms. The number of hydrogen-bond acceptors (Lipinski definition) is 3. The van der Waals surface area contributed by atoms with Crippen molar-refractivity contribution in [2.75, 3.05) is 26.1 Å². The van der Waals surface area contributed by atoms with Gasteiger partial charge in [0.2, 0.25) is 0 Å². The Balaban J connectivity index is 2.00. The molecule has 0 unspecified atom stereocenters. The molecule has 1 N–H and O–H groups in total. The van der Waals surface area contributed by atoms with Crippen molar-refractivity contribution in [2.24, 2.45) is 0 Å². The average molecular weight is 342 g/mol. The number of hydrogen-bond donors (Lipinski definition) is 1. The van der Waals surface area contributed by atoms with Crippen molar-refractivity contribution in [3.8, 4) is 11.5 Å². The minimum Gasteiger partial charge on any atom is -0.496 e. The van der Waals surface area contributed by atoms with Crippen molar-refractivity contribution in [3.05, 3.63) is 53.1 Å². The van der Waals surface area contributed by atoms with E-state index < -0.39 is 0 Å². The maximum absolute atomic E-state index is 12.4. The van der Waals surface area contributed by atoms with Crippen LogP contribution in [0.1, 0.15) is 23.6 Å². The fourth-order valence-corrected chi connectivity index (χ4v) is 2.65. The molecule has 5 heteroatoms. The third-order valence-electron chi connectivity index (χ3n) is 3.95. The number of amides is 2. The number of carbonyl (C=O) groups excluding carboxylic acids is 1. The van der Waals surface area contributed by atoms with E-state index in [0.717, 1.165) is 33.9 Å². The van der Waals surface area contributed by atoms with Gasteiger partial charge in [0.15, 0.2) is 0 Å². The fraction of sp³-hybridized carbons (Fsp3) is 0.350. The molecule has 0 saturated carbocycles. The van der Waals surface area contributed by atoms with Crippen LogP contribution in [0.25, 0.3) is 0 Å². The highest BCUT2D eigenvalue weighted by Crippen LogP contribution is 2.23. The molecular formula is C20H26N2O3. The minimum absolute atomic E-state index is 0.156. The Labute approximate surface area is 149 Å². The van der Waals surface area contributed by atoms with Crippen molar-refractivity contribution < 1.29 is 14.3 Å². The maximum Gasteiger partial charge on any atom is 0.321 e. The van der Waals surface area contributed by atoms with E-state index in [0.29, 0.717) is 13.2 Å². The summed E-state index contributed by atoms with van der Waals surface area (Å²) in [6.07, 6.45) is 0. The number of ether oxygens (including phenoxy) is 2. The number of aryl methyl sites for hydroxylation is 2. The van der Waals surface area contributed by atoms with Gasteiger partial charge in [0.05, 0.1) is 13.7 Å². The largest absolute Gasteiger partial charge is 0.496 e. The predicted octanol–water partition coefficient (Wildman–Crippen LogP) is 4.37. The first-order valence-corrected chi connectivity index (χ1v) is 8.33. The van der Waals surface area contributed by atoms with Gasteiger partial charge >= 0.3 is 6.03 Å². The summed E-state index contributed by atoms with van der Waals surface area (Å²) in [5, 5.41) is 2.92. The number of anilines is 1. The summed E-state index contributed by atoms with van der Waals surface area (Å²) in [5.74, 6) is 1.68. The van der Waals surface area contributed by atoms with E-state index >= 15 is 0 Å². The van der Waals surface area contributed by atoms with E-state index in [1.54, 1.807) is 19.1 Å². The first kappa shape index (κ1) is 18.6. The van der Waals surface area contributed by atoms with Gasteiger partial charge in [0, 0.05) is 19.3 Å². The molecule has 0 spiro atoms. The van der Waals surface area contributed by atoms with Gasteiger partial charge < -0.3 is 19.7 Å². The third kappa shape index (κ3) is 4.89. The molecule has 134 valence electrons. The molecule has 2 aromatic carbocycles. The molecule has 0 aliphatic carbocycles. The SMILES string of the molecule is CCOc1ccc(NC(=O)N(C)Cc2ccc(OC)c(C)c2)cc1C. The molecule has 0 fully saturated rings. The van der Waals surface area contributed by atoms with Crippen molar-refractivity contribution in [3.63, 3.8) is 0 Å². The molecule has 0 atom stereocenters. The molecule has 0 aliphatic heterocycles. The van der Waals surface area contributed by atoms with Gasteiger partial charge in [-0.1, -0.05) is 12.1 Å². The van der Waals surface area contributed by atoms with E-state index in [1.807, 2.05) is 57.2 Å². The van der Waals surface area contributed by atoms with Crippen molar-refractivity contribution in [2.45, 2.75) is 27.3 Å². The Morgan fingerprint density at radius 1 is 1.08 bits per heavy atom. The number of nitrogens with zero attached hydrogens (tertiary/aromatic N) is 1. The third-order valence-corrected chi connectivity index (χ3v) is 3.95. The molecule has 2 rings (SSSR count). The van der Waals surface area contributed by atoms with Crippen LogP contribution in [0.15, 0.2) is 36.4 Å². The number of methoxy groups -OCH3 is 1. The molecule has 0 aliphatic rings. The molecular weight excluding hydrogens is 316 g/mol. The first-order valence-electron chi connectivity index (χ1n) is 8.33. The number of urea groups is 1. The van der Waals surface area contributed by atoms with Gasteiger partial charge in [-0.15, -0.1) is 0 Å². The summed E-state index contributed by atoms with van der Waals surface area (Å²) in [4.78, 5) is 14.1. The lowest BCUT2D eigenvalue weighted by atomic mass is 10.1. The predicted molar refractivity (Wildman–Crippen MR) is 101 cm³/mol. The zero-order chi connectivity index (χ0) is 18.4. The Bertz CT molecular complexity index is 744. The van der Waals surface area contributed by atoms with E-state index in [1.165, 1.54) is 0 Å². The molecule has 0 bridgehead atoms. The molecule has 2 amide bonds. The Kier molecular flexibility index (Phi) is 6.28. The van der Waals surface area contributed by atoms with Crippen LogP contribution in [0.2, 0.25) is 0 Å². The topological polar surface area (TPSA) is 50.8 Å². The second-order valence-corrected chi connectivity index (χ2v) is 6.00. The molecule has 0 aromatic heterocycles. The summed E-state index contributed by atoms with van der Waals surface area (Å²) in [5.41, 5.74) is 3.85. The van der Waals surface area contributed by atoms with E-state index in [-0.39, 0.29) is 6.03 Å². The lowest BCUT2D eigenvalue weighted by molar-refractivity contribution is 0.220. The Morgan fingerprint density at radius 3 is 2.36 bits per heavy atom. The van der Waals surface area contributed by atoms with E-state index in [2.05, 4.69) is 5.32 Å². The zero-order valence-electron chi connectivity index (χ0n) is 15.6. The first-order chi connectivity index (χ1) is 11.9. The zero-order valence-corrected chi connectivity index (χ0v) is 15.6. The lowest BCUT2D eigenvalue weighted by Crippen LogP contribution is -2.30. The Hall–Kier alpha value is -2.69. The monoisotopic (exact) mass is 342 g/mol. The van der Waals surface area contributed by atoms with E-state index in [4.69, 9.17) is 9.47 Å². The van der Waals surface area contributed by atoms with Gasteiger partial charge in [-0.3, -0.25) is 0 Å². The van der Waals surface area contributed by atoms with Crippen LogP contribution in [0.5, 0.6) is 11.5 Å². The smallest absolute Gasteiger partial charge is 0.321 e. The van der Waals surface area contributed by atoms with Crippen LogP contribution in [0.3, 0.4) is 0 Å². The average Bonchev–Trinajstić information content (AvgIpc) is 2.57. The second-order valence-electron chi connectivity index (χ2n) is 6.00. The van der Waals surface area contributed by atoms with Crippen LogP contribution in [-0.2, 0) is 6.54 Å². The molecule has 5 nitrogen and oxygen atoms in total. The van der Waals surface area contributed by atoms with Gasteiger partial charge in [0.1, 0.15) is 11.5 Å². The molecule has 0 saturated heterocycles. The second kappa shape index (κ2) is 8.42. The quantitative estimate of drug-likeness (QED) is 0.848. The van der Waals surface area contributed by atoms with Gasteiger partial charge in [0.25, 0.3) is 0 Å². The summed E-state index contributed by atoms with van der Waals surface area (Å²) >= 11 is 0. The van der Waals surface area contributed by atoms with Gasteiger partial charge in [-0.2, -0.15) is 0 Å². The number of rotatable bonds is 6. The van der Waals surface area contributed by atoms with Crippen LogP contribution in [0, 0.1) is 13.8 Å². The van der Waals surface area contributed by atoms with Crippen LogP contribution < -0.4 is 14.8 Å². The molecule has 2 aromatic rings. The number of nitrogens with one attached hydrogen (secondary N) is 1. The highest BCUT2D eigenvalue weighted by molar-refractivity contribution is 5.89. The fourth-order valence-electron chi connectivity index (χ4n) is 2.65. The van der Waals surface area contributed by atoms with Crippen molar-refractivity contribution in [1.29, 1.82) is 0 Å². The summed E-state index contributed by atoms with van der Waals surface area (Å²) in [6, 6.07) is 11.4. The molecule has 0 radical (unpaired) electrons. The number of carbonyl (C=O) groups is 1. The summed E-state index contributed by atoms with van der Waals surface area (Å²) in [6.45, 7) is 7.05. The van der Waals surface area contributed by atoms with Gasteiger partial charge in [-0.05, 0) is 61.7 Å².